The third-order valence-electron chi connectivity index (χ3n) is 7.00. The fraction of sp³-hybridized carbons (Fsp3) is 0.286. The lowest BCUT2D eigenvalue weighted by Crippen LogP contribution is -2.35. The molecule has 0 radical (unpaired) electrons. The van der Waals surface area contributed by atoms with Gasteiger partial charge in [-0.3, -0.25) is 0 Å². The van der Waals surface area contributed by atoms with Crippen LogP contribution < -0.4 is 9.47 Å². The maximum Gasteiger partial charge on any atom is 0.514 e. The molecule has 3 aromatic rings. The monoisotopic (exact) mass is 554 g/mol. The first-order chi connectivity index (χ1) is 20.0. The van der Waals surface area contributed by atoms with Gasteiger partial charge in [0.2, 0.25) is 0 Å². The van der Waals surface area contributed by atoms with Crippen molar-refractivity contribution in [3.8, 4) is 11.5 Å². The fourth-order valence-electron chi connectivity index (χ4n) is 4.93. The molecule has 1 fully saturated rings. The topological polar surface area (TPSA) is 74.2 Å². The van der Waals surface area contributed by atoms with Crippen molar-refractivity contribution < 1.29 is 28.8 Å². The number of hydrogen-bond acceptors (Lipinski definition) is 6. The van der Waals surface area contributed by atoms with Gasteiger partial charge in [0.25, 0.3) is 0 Å². The number of allylic oxidation sites excluding steroid dienone is 2. The zero-order valence-electron chi connectivity index (χ0n) is 23.7. The molecule has 0 amide bonds. The molecule has 1 unspecified atom stereocenters. The van der Waals surface area contributed by atoms with Crippen molar-refractivity contribution in [1.29, 1.82) is 0 Å². The van der Waals surface area contributed by atoms with E-state index in [2.05, 4.69) is 0 Å². The Morgan fingerprint density at radius 2 is 1.34 bits per heavy atom. The second-order valence-corrected chi connectivity index (χ2v) is 9.94. The summed E-state index contributed by atoms with van der Waals surface area (Å²) < 4.78 is 22.6. The Morgan fingerprint density at radius 3 is 1.90 bits per heavy atom. The van der Waals surface area contributed by atoms with Crippen LogP contribution in [0.4, 0.5) is 4.79 Å². The average Bonchev–Trinajstić information content (AvgIpc) is 2.98. The molecule has 6 heteroatoms. The fourth-order valence-corrected chi connectivity index (χ4v) is 4.93. The second-order valence-electron chi connectivity index (χ2n) is 9.94. The van der Waals surface area contributed by atoms with Gasteiger partial charge in [-0.05, 0) is 92.1 Å². The Labute approximate surface area is 242 Å². The van der Waals surface area contributed by atoms with Crippen LogP contribution in [0.15, 0.2) is 91.2 Å². The van der Waals surface area contributed by atoms with Gasteiger partial charge in [-0.2, -0.15) is 0 Å². The smallest absolute Gasteiger partial charge is 0.514 e. The summed E-state index contributed by atoms with van der Waals surface area (Å²) in [5, 5.41) is 9.02. The van der Waals surface area contributed by atoms with Gasteiger partial charge in [-0.25, -0.2) is 4.79 Å². The third kappa shape index (κ3) is 8.85. The lowest BCUT2D eigenvalue weighted by atomic mass is 9.79. The average molecular weight is 555 g/mol. The number of ether oxygens (including phenoxy) is 4. The quantitative estimate of drug-likeness (QED) is 0.0838. The van der Waals surface area contributed by atoms with Crippen LogP contribution >= 0.6 is 0 Å². The predicted molar refractivity (Wildman–Crippen MR) is 163 cm³/mol. The highest BCUT2D eigenvalue weighted by atomic mass is 16.7. The molecule has 0 bridgehead atoms. The molecule has 0 aromatic heterocycles. The van der Waals surface area contributed by atoms with Crippen molar-refractivity contribution in [2.24, 2.45) is 0 Å². The van der Waals surface area contributed by atoms with Crippen LogP contribution in [0.5, 0.6) is 11.5 Å². The molecule has 1 aliphatic rings. The maximum absolute atomic E-state index is 12.8. The first-order valence-electron chi connectivity index (χ1n) is 14.1. The number of carbonyl (C=O) groups excluding carboxylic acids is 1. The Morgan fingerprint density at radius 1 is 0.805 bits per heavy atom. The molecule has 4 rings (SSSR count). The van der Waals surface area contributed by atoms with E-state index in [-0.39, 0.29) is 6.29 Å². The van der Waals surface area contributed by atoms with Crippen molar-refractivity contribution in [2.75, 3.05) is 6.61 Å². The first-order valence-corrected chi connectivity index (χ1v) is 14.1. The summed E-state index contributed by atoms with van der Waals surface area (Å²) in [6.07, 6.45) is 14.1. The molecule has 0 heterocycles. The summed E-state index contributed by atoms with van der Waals surface area (Å²) in [5.41, 5.74) is 3.15. The van der Waals surface area contributed by atoms with E-state index in [0.29, 0.717) is 12.4 Å². The summed E-state index contributed by atoms with van der Waals surface area (Å²) in [7, 11) is 0. The number of hydrogen-bond donors (Lipinski definition) is 1. The van der Waals surface area contributed by atoms with Crippen LogP contribution in [0.3, 0.4) is 0 Å². The molecule has 1 saturated carbocycles. The number of benzene rings is 3. The molecular formula is C35H38O6. The highest BCUT2D eigenvalue weighted by Gasteiger charge is 2.38. The van der Waals surface area contributed by atoms with Gasteiger partial charge < -0.3 is 24.1 Å². The molecular weight excluding hydrogens is 516 g/mol. The van der Waals surface area contributed by atoms with E-state index in [1.165, 1.54) is 0 Å². The standard InChI is InChI=1S/C35H38O6/c1-3-38-27(2)39-32-19-13-28(14-20-32)9-5-6-10-29-15-21-33(22-16-29)40-34(37)41-35(24-7-4-8-25-35)31-17-11-30(12-18-31)23-26-36/h5-6,9-23,26-27,36H,3-4,7-8,24-25H2,1-2H3. The van der Waals surface area contributed by atoms with Gasteiger partial charge >= 0.3 is 6.16 Å². The maximum atomic E-state index is 12.8. The van der Waals surface area contributed by atoms with Crippen molar-refractivity contribution in [2.45, 2.75) is 57.8 Å². The molecule has 1 N–H and O–H groups in total. The van der Waals surface area contributed by atoms with Gasteiger partial charge in [0.05, 0.1) is 6.26 Å². The second kappa shape index (κ2) is 14.9. The van der Waals surface area contributed by atoms with E-state index in [0.717, 1.165) is 66.4 Å². The third-order valence-corrected chi connectivity index (χ3v) is 7.00. The predicted octanol–water partition coefficient (Wildman–Crippen LogP) is 9.08. The number of aliphatic hydroxyl groups is 1. The summed E-state index contributed by atoms with van der Waals surface area (Å²) >= 11 is 0. The van der Waals surface area contributed by atoms with E-state index >= 15 is 0 Å². The van der Waals surface area contributed by atoms with E-state index in [1.807, 2.05) is 98.8 Å². The largest absolute Gasteiger partial charge is 0.516 e. The SMILES string of the molecule is CCOC(C)Oc1ccc(C=CC=Cc2ccc(OC(=O)OC3(c4ccc(C=CO)cc4)CCCCC3)cc2)cc1. The lowest BCUT2D eigenvalue weighted by Gasteiger charge is -2.36. The molecule has 0 saturated heterocycles. The van der Waals surface area contributed by atoms with Crippen molar-refractivity contribution in [1.82, 2.24) is 0 Å². The van der Waals surface area contributed by atoms with E-state index in [4.69, 9.17) is 24.1 Å². The van der Waals surface area contributed by atoms with E-state index in [9.17, 15) is 4.79 Å². The van der Waals surface area contributed by atoms with E-state index < -0.39 is 11.8 Å². The summed E-state index contributed by atoms with van der Waals surface area (Å²) in [6, 6.07) is 22.9. The van der Waals surface area contributed by atoms with Crippen molar-refractivity contribution in [3.05, 3.63) is 113 Å². The van der Waals surface area contributed by atoms with Crippen molar-refractivity contribution in [3.63, 3.8) is 0 Å². The van der Waals surface area contributed by atoms with Gasteiger partial charge in [-0.15, -0.1) is 0 Å². The van der Waals surface area contributed by atoms with Gasteiger partial charge in [0.15, 0.2) is 6.29 Å². The molecule has 1 aliphatic carbocycles. The molecule has 41 heavy (non-hydrogen) atoms. The minimum atomic E-state index is -0.707. The van der Waals surface area contributed by atoms with E-state index in [1.54, 1.807) is 18.2 Å². The number of carbonyl (C=O) groups is 1. The Balaban J connectivity index is 1.31. The Bertz CT molecular complexity index is 1310. The highest BCUT2D eigenvalue weighted by molar-refractivity contribution is 5.65. The summed E-state index contributed by atoms with van der Waals surface area (Å²) in [4.78, 5) is 12.8. The molecule has 1 atom stereocenters. The minimum Gasteiger partial charge on any atom is -0.516 e. The summed E-state index contributed by atoms with van der Waals surface area (Å²) in [5.74, 6) is 1.20. The molecule has 0 aliphatic heterocycles. The Hall–Kier alpha value is -4.29. The molecule has 214 valence electrons. The molecule has 6 nitrogen and oxygen atoms in total. The van der Waals surface area contributed by atoms with Crippen LogP contribution in [0.25, 0.3) is 18.2 Å². The number of aliphatic hydroxyl groups excluding tert-OH is 1. The first kappa shape index (κ1) is 29.7. The van der Waals surface area contributed by atoms with Gasteiger partial charge in [0.1, 0.15) is 17.1 Å². The van der Waals surface area contributed by atoms with Gasteiger partial charge in [0, 0.05) is 6.61 Å². The van der Waals surface area contributed by atoms with Crippen LogP contribution in [-0.4, -0.2) is 24.2 Å². The van der Waals surface area contributed by atoms with Crippen LogP contribution in [0.1, 0.15) is 68.2 Å². The zero-order valence-corrected chi connectivity index (χ0v) is 23.7. The number of rotatable bonds is 11. The van der Waals surface area contributed by atoms with Crippen LogP contribution in [0.2, 0.25) is 0 Å². The van der Waals surface area contributed by atoms with Crippen molar-refractivity contribution >= 4 is 24.4 Å². The van der Waals surface area contributed by atoms with Gasteiger partial charge in [-0.1, -0.05) is 79.3 Å². The normalized spacial score (nSPS) is 15.8. The Kier molecular flexibility index (Phi) is 10.8. The minimum absolute atomic E-state index is 0.278. The molecule has 0 spiro atoms. The van der Waals surface area contributed by atoms with Crippen LogP contribution in [-0.2, 0) is 15.1 Å². The lowest BCUT2D eigenvalue weighted by molar-refractivity contribution is -0.0613. The summed E-state index contributed by atoms with van der Waals surface area (Å²) in [6.45, 7) is 4.42. The molecule has 3 aromatic carbocycles. The highest BCUT2D eigenvalue weighted by Crippen LogP contribution is 2.41. The van der Waals surface area contributed by atoms with Crippen LogP contribution in [0, 0.1) is 0 Å². The zero-order chi connectivity index (χ0) is 28.9.